The summed E-state index contributed by atoms with van der Waals surface area (Å²) in [4.78, 5) is 29.2. The Labute approximate surface area is 212 Å². The molecule has 1 unspecified atom stereocenters. The van der Waals surface area contributed by atoms with Gasteiger partial charge in [0.25, 0.3) is 5.91 Å². The molecule has 2 aromatic rings. The summed E-state index contributed by atoms with van der Waals surface area (Å²) in [7, 11) is 2.69. The summed E-state index contributed by atoms with van der Waals surface area (Å²) in [6, 6.07) is 9.75. The van der Waals surface area contributed by atoms with Gasteiger partial charge in [-0.25, -0.2) is 4.79 Å². The van der Waals surface area contributed by atoms with Gasteiger partial charge < -0.3 is 29.4 Å². The Kier molecular flexibility index (Phi) is 9.82. The molecular weight excluding hydrogens is 503 g/mol. The monoisotopic (exact) mass is 528 g/mol. The lowest BCUT2D eigenvalue weighted by atomic mass is 10.1. The third-order valence-electron chi connectivity index (χ3n) is 4.89. The lowest BCUT2D eigenvalue weighted by molar-refractivity contribution is -0.142. The first-order valence-corrected chi connectivity index (χ1v) is 11.4. The Bertz CT molecular complexity index is 1020. The summed E-state index contributed by atoms with van der Waals surface area (Å²) < 4.78 is 21.5. The van der Waals surface area contributed by atoms with Gasteiger partial charge in [0.15, 0.2) is 6.61 Å². The quantitative estimate of drug-likeness (QED) is 0.424. The molecule has 1 aliphatic rings. The fourth-order valence-electron chi connectivity index (χ4n) is 3.17. The summed E-state index contributed by atoms with van der Waals surface area (Å²) in [6.45, 7) is 0.396. The SMILES string of the molecule is CNC(=O)c1cc(Cl)c(OCC(=O)OC)cc1OC[C@@H](O)CN1CC(Oc2ccc(Cl)cc2)CO1. The number of methoxy groups -OCH3 is 1. The van der Waals surface area contributed by atoms with Crippen LogP contribution in [0.2, 0.25) is 10.0 Å². The maximum absolute atomic E-state index is 12.3. The molecule has 1 fully saturated rings. The molecule has 2 N–H and O–H groups in total. The van der Waals surface area contributed by atoms with Gasteiger partial charge in [-0.05, 0) is 30.3 Å². The predicted molar refractivity (Wildman–Crippen MR) is 127 cm³/mol. The predicted octanol–water partition coefficient (Wildman–Crippen LogP) is 2.34. The molecular formula is C23H26Cl2N2O8. The maximum atomic E-state index is 12.3. The third-order valence-corrected chi connectivity index (χ3v) is 5.44. The molecule has 0 aliphatic carbocycles. The number of nitrogens with one attached hydrogen (secondary N) is 1. The fourth-order valence-corrected chi connectivity index (χ4v) is 3.52. The summed E-state index contributed by atoms with van der Waals surface area (Å²) >= 11 is 12.1. The van der Waals surface area contributed by atoms with Crippen molar-refractivity contribution in [1.82, 2.24) is 10.4 Å². The van der Waals surface area contributed by atoms with Crippen molar-refractivity contribution in [3.05, 3.63) is 52.0 Å². The number of hydrogen-bond donors (Lipinski definition) is 2. The van der Waals surface area contributed by atoms with Crippen LogP contribution in [0.4, 0.5) is 0 Å². The lowest BCUT2D eigenvalue weighted by Crippen LogP contribution is -2.35. The van der Waals surface area contributed by atoms with Gasteiger partial charge in [-0.3, -0.25) is 9.63 Å². The summed E-state index contributed by atoms with van der Waals surface area (Å²) in [5.74, 6) is -0.124. The minimum Gasteiger partial charge on any atom is -0.490 e. The number of β-amino-alcohol motifs (C(OH)–C–C–N with tert-alkyl or cyclic N) is 1. The number of rotatable bonds is 11. The highest BCUT2D eigenvalue weighted by Crippen LogP contribution is 2.33. The van der Waals surface area contributed by atoms with Crippen LogP contribution in [0.3, 0.4) is 0 Å². The van der Waals surface area contributed by atoms with Crippen LogP contribution in [-0.2, 0) is 14.4 Å². The van der Waals surface area contributed by atoms with E-state index >= 15 is 0 Å². The first-order valence-electron chi connectivity index (χ1n) is 10.6. The van der Waals surface area contributed by atoms with Crippen molar-refractivity contribution >= 4 is 35.1 Å². The molecule has 190 valence electrons. The van der Waals surface area contributed by atoms with Crippen LogP contribution >= 0.6 is 23.2 Å². The van der Waals surface area contributed by atoms with Crippen molar-refractivity contribution in [2.24, 2.45) is 0 Å². The number of hydroxylamine groups is 2. The molecule has 0 bridgehead atoms. The smallest absolute Gasteiger partial charge is 0.343 e. The van der Waals surface area contributed by atoms with Crippen LogP contribution in [0.25, 0.3) is 0 Å². The second kappa shape index (κ2) is 12.8. The van der Waals surface area contributed by atoms with Crippen LogP contribution in [0, 0.1) is 0 Å². The fraction of sp³-hybridized carbons (Fsp3) is 0.391. The van der Waals surface area contributed by atoms with Gasteiger partial charge >= 0.3 is 5.97 Å². The first kappa shape index (κ1) is 26.8. The van der Waals surface area contributed by atoms with E-state index in [1.54, 1.807) is 29.3 Å². The number of aliphatic hydroxyl groups is 1. The highest BCUT2D eigenvalue weighted by molar-refractivity contribution is 6.32. The van der Waals surface area contributed by atoms with Crippen LogP contribution in [0.15, 0.2) is 36.4 Å². The van der Waals surface area contributed by atoms with E-state index < -0.39 is 18.0 Å². The molecule has 12 heteroatoms. The number of nitrogens with zero attached hydrogens (tertiary/aromatic N) is 1. The standard InChI is InChI=1S/C23H26Cl2N2O8/c1-26-23(30)18-7-19(25)21(33-13-22(29)31-2)8-20(18)32-11-15(28)9-27-10-17(12-34-27)35-16-5-3-14(24)4-6-16/h3-8,15,17,28H,9-13H2,1-2H3,(H,26,30)/t15-,17?/m0/s1. The van der Waals surface area contributed by atoms with Gasteiger partial charge in [-0.2, -0.15) is 5.06 Å². The molecule has 3 rings (SSSR count). The van der Waals surface area contributed by atoms with Crippen molar-refractivity contribution in [1.29, 1.82) is 0 Å². The number of carbonyl (C=O) groups is 2. The summed E-state index contributed by atoms with van der Waals surface area (Å²) in [6.07, 6.45) is -1.16. The number of hydrogen-bond acceptors (Lipinski definition) is 9. The van der Waals surface area contributed by atoms with Gasteiger partial charge in [-0.15, -0.1) is 0 Å². The van der Waals surface area contributed by atoms with Gasteiger partial charge in [0.05, 0.1) is 30.8 Å². The van der Waals surface area contributed by atoms with Gasteiger partial charge in [0.1, 0.15) is 42.7 Å². The Hall–Kier alpha value is -2.76. The zero-order valence-corrected chi connectivity index (χ0v) is 20.7. The highest BCUT2D eigenvalue weighted by Gasteiger charge is 2.27. The Balaban J connectivity index is 1.56. The Morgan fingerprint density at radius 3 is 2.63 bits per heavy atom. The second-order valence-corrected chi connectivity index (χ2v) is 8.37. The van der Waals surface area contributed by atoms with E-state index in [0.29, 0.717) is 23.9 Å². The van der Waals surface area contributed by atoms with Gasteiger partial charge in [0, 0.05) is 18.1 Å². The molecule has 0 radical (unpaired) electrons. The van der Waals surface area contributed by atoms with Gasteiger partial charge in [-0.1, -0.05) is 23.2 Å². The third kappa shape index (κ3) is 7.87. The Morgan fingerprint density at radius 1 is 1.20 bits per heavy atom. The first-order chi connectivity index (χ1) is 16.8. The zero-order chi connectivity index (χ0) is 25.4. The largest absolute Gasteiger partial charge is 0.490 e. The van der Waals surface area contributed by atoms with E-state index in [-0.39, 0.29) is 47.9 Å². The van der Waals surface area contributed by atoms with E-state index in [0.717, 1.165) is 0 Å². The molecule has 1 heterocycles. The number of benzene rings is 2. The van der Waals surface area contributed by atoms with Crippen LogP contribution in [-0.4, -0.2) is 81.3 Å². The normalized spacial score (nSPS) is 16.4. The van der Waals surface area contributed by atoms with Crippen molar-refractivity contribution in [3.8, 4) is 17.2 Å². The van der Waals surface area contributed by atoms with E-state index in [1.807, 2.05) is 0 Å². The number of carbonyl (C=O) groups excluding carboxylic acids is 2. The van der Waals surface area contributed by atoms with Crippen molar-refractivity contribution in [2.45, 2.75) is 12.2 Å². The number of aliphatic hydroxyl groups excluding tert-OH is 1. The molecule has 1 saturated heterocycles. The molecule has 1 aliphatic heterocycles. The van der Waals surface area contributed by atoms with Crippen molar-refractivity contribution < 1.29 is 38.5 Å². The molecule has 35 heavy (non-hydrogen) atoms. The minimum absolute atomic E-state index is 0.109. The molecule has 2 atom stereocenters. The second-order valence-electron chi connectivity index (χ2n) is 7.52. The van der Waals surface area contributed by atoms with Gasteiger partial charge in [0.2, 0.25) is 0 Å². The average molecular weight is 529 g/mol. The molecule has 1 amide bonds. The molecule has 0 aromatic heterocycles. The van der Waals surface area contributed by atoms with E-state index in [1.165, 1.54) is 26.3 Å². The van der Waals surface area contributed by atoms with Crippen LogP contribution < -0.4 is 19.5 Å². The molecule has 10 nitrogen and oxygen atoms in total. The van der Waals surface area contributed by atoms with Crippen molar-refractivity contribution in [3.63, 3.8) is 0 Å². The number of amides is 1. The Morgan fingerprint density at radius 2 is 1.94 bits per heavy atom. The van der Waals surface area contributed by atoms with E-state index in [2.05, 4.69) is 10.1 Å². The number of halogens is 2. The number of ether oxygens (including phenoxy) is 4. The molecule has 2 aromatic carbocycles. The van der Waals surface area contributed by atoms with E-state index in [4.69, 9.17) is 42.3 Å². The summed E-state index contributed by atoms with van der Waals surface area (Å²) in [5.41, 5.74) is 0.143. The van der Waals surface area contributed by atoms with Crippen LogP contribution in [0.5, 0.6) is 17.2 Å². The topological polar surface area (TPSA) is 116 Å². The number of esters is 1. The molecule has 0 spiro atoms. The van der Waals surface area contributed by atoms with Crippen molar-refractivity contribution in [2.75, 3.05) is 47.1 Å². The van der Waals surface area contributed by atoms with E-state index in [9.17, 15) is 14.7 Å². The molecule has 0 saturated carbocycles. The minimum atomic E-state index is -0.947. The maximum Gasteiger partial charge on any atom is 0.343 e. The highest BCUT2D eigenvalue weighted by atomic mass is 35.5. The van der Waals surface area contributed by atoms with Crippen LogP contribution in [0.1, 0.15) is 10.4 Å². The lowest BCUT2D eigenvalue weighted by Gasteiger charge is -2.20. The average Bonchev–Trinajstić information content (AvgIpc) is 3.29. The zero-order valence-electron chi connectivity index (χ0n) is 19.2. The summed E-state index contributed by atoms with van der Waals surface area (Å²) in [5, 5.41) is 15.3.